The van der Waals surface area contributed by atoms with Crippen LogP contribution in [-0.2, 0) is 14.3 Å². The Morgan fingerprint density at radius 3 is 2.71 bits per heavy atom. The van der Waals surface area contributed by atoms with Crippen molar-refractivity contribution in [3.8, 4) is 0 Å². The number of fused-ring (bicyclic) bond motifs is 2. The van der Waals surface area contributed by atoms with Crippen LogP contribution in [0.3, 0.4) is 0 Å². The minimum absolute atomic E-state index is 0.0490. The summed E-state index contributed by atoms with van der Waals surface area (Å²) >= 11 is 0. The van der Waals surface area contributed by atoms with Crippen molar-refractivity contribution in [1.82, 2.24) is 0 Å². The SMILES string of the molecule is C=C(C)C(=O)OC1CC2CC1C(C)O2. The standard InChI is InChI=1S/C11H16O3/c1-6(2)11(12)14-10-5-8-4-9(10)7(3)13-8/h7-10H,1,4-5H2,2-3H3. The Morgan fingerprint density at radius 2 is 2.21 bits per heavy atom. The predicted octanol–water partition coefficient (Wildman–Crippen LogP) is 1.67. The summed E-state index contributed by atoms with van der Waals surface area (Å²) in [6, 6.07) is 0. The average Bonchev–Trinajstić information content (AvgIpc) is 2.61. The van der Waals surface area contributed by atoms with Crippen LogP contribution in [0.4, 0.5) is 0 Å². The lowest BCUT2D eigenvalue weighted by atomic mass is 10.0. The van der Waals surface area contributed by atoms with Crippen molar-refractivity contribution in [2.45, 2.75) is 45.0 Å². The average molecular weight is 196 g/mol. The summed E-state index contributed by atoms with van der Waals surface area (Å²) in [4.78, 5) is 11.3. The van der Waals surface area contributed by atoms with Crippen LogP contribution >= 0.6 is 0 Å². The van der Waals surface area contributed by atoms with Gasteiger partial charge in [-0.3, -0.25) is 0 Å². The van der Waals surface area contributed by atoms with E-state index >= 15 is 0 Å². The summed E-state index contributed by atoms with van der Waals surface area (Å²) < 4.78 is 11.0. The first-order valence-corrected chi connectivity index (χ1v) is 5.10. The van der Waals surface area contributed by atoms with Gasteiger partial charge in [-0.05, 0) is 20.3 Å². The van der Waals surface area contributed by atoms with E-state index in [0.29, 0.717) is 17.6 Å². The monoisotopic (exact) mass is 196 g/mol. The van der Waals surface area contributed by atoms with Crippen molar-refractivity contribution in [3.05, 3.63) is 12.2 Å². The van der Waals surface area contributed by atoms with E-state index in [1.807, 2.05) is 6.92 Å². The Bertz CT molecular complexity index is 272. The first kappa shape index (κ1) is 9.71. The number of carbonyl (C=O) groups excluding carboxylic acids is 1. The van der Waals surface area contributed by atoms with Gasteiger partial charge in [0.05, 0.1) is 12.2 Å². The number of ether oxygens (including phenoxy) is 2. The minimum atomic E-state index is -0.269. The third kappa shape index (κ3) is 1.57. The Balaban J connectivity index is 1.95. The smallest absolute Gasteiger partial charge is 0.333 e. The van der Waals surface area contributed by atoms with E-state index in [1.165, 1.54) is 0 Å². The third-order valence-electron chi connectivity index (χ3n) is 3.12. The molecule has 1 heterocycles. The zero-order valence-electron chi connectivity index (χ0n) is 8.66. The normalized spacial score (nSPS) is 39.9. The van der Waals surface area contributed by atoms with Gasteiger partial charge in [-0.1, -0.05) is 6.58 Å². The fourth-order valence-electron chi connectivity index (χ4n) is 2.37. The minimum Gasteiger partial charge on any atom is -0.459 e. The van der Waals surface area contributed by atoms with Gasteiger partial charge in [0, 0.05) is 17.9 Å². The quantitative estimate of drug-likeness (QED) is 0.498. The molecule has 4 unspecified atom stereocenters. The molecule has 2 rings (SSSR count). The molecule has 1 saturated heterocycles. The number of esters is 1. The summed E-state index contributed by atoms with van der Waals surface area (Å²) in [6.45, 7) is 7.30. The van der Waals surface area contributed by atoms with E-state index in [4.69, 9.17) is 9.47 Å². The van der Waals surface area contributed by atoms with Gasteiger partial charge in [0.2, 0.25) is 0 Å². The van der Waals surface area contributed by atoms with Crippen molar-refractivity contribution in [1.29, 1.82) is 0 Å². The van der Waals surface area contributed by atoms with Crippen molar-refractivity contribution in [2.24, 2.45) is 5.92 Å². The molecule has 2 aliphatic rings. The molecule has 3 nitrogen and oxygen atoms in total. The lowest BCUT2D eigenvalue weighted by Crippen LogP contribution is -2.33. The van der Waals surface area contributed by atoms with E-state index < -0.39 is 0 Å². The predicted molar refractivity (Wildman–Crippen MR) is 51.8 cm³/mol. The molecule has 2 bridgehead atoms. The molecule has 4 atom stereocenters. The Morgan fingerprint density at radius 1 is 1.50 bits per heavy atom. The first-order valence-electron chi connectivity index (χ1n) is 5.10. The van der Waals surface area contributed by atoms with Crippen LogP contribution < -0.4 is 0 Å². The van der Waals surface area contributed by atoms with Gasteiger partial charge in [-0.15, -0.1) is 0 Å². The molecule has 0 spiro atoms. The second-order valence-electron chi connectivity index (χ2n) is 4.32. The molecule has 3 heteroatoms. The second kappa shape index (κ2) is 3.39. The van der Waals surface area contributed by atoms with Gasteiger partial charge >= 0.3 is 5.97 Å². The van der Waals surface area contributed by atoms with Gasteiger partial charge < -0.3 is 9.47 Å². The Hall–Kier alpha value is -0.830. The molecule has 14 heavy (non-hydrogen) atoms. The largest absolute Gasteiger partial charge is 0.459 e. The maximum absolute atomic E-state index is 11.3. The van der Waals surface area contributed by atoms with Crippen LogP contribution in [0.1, 0.15) is 26.7 Å². The highest BCUT2D eigenvalue weighted by atomic mass is 16.6. The maximum atomic E-state index is 11.3. The highest BCUT2D eigenvalue weighted by molar-refractivity contribution is 5.87. The van der Waals surface area contributed by atoms with Crippen LogP contribution in [0, 0.1) is 5.92 Å². The van der Waals surface area contributed by atoms with Gasteiger partial charge in [-0.2, -0.15) is 0 Å². The summed E-state index contributed by atoms with van der Waals surface area (Å²) in [7, 11) is 0. The molecule has 0 aromatic rings. The van der Waals surface area contributed by atoms with Crippen molar-refractivity contribution in [2.75, 3.05) is 0 Å². The second-order valence-corrected chi connectivity index (χ2v) is 4.32. The van der Waals surface area contributed by atoms with Crippen molar-refractivity contribution >= 4 is 5.97 Å². The topological polar surface area (TPSA) is 35.5 Å². The molecule has 1 saturated carbocycles. The summed E-state index contributed by atoms with van der Waals surface area (Å²) in [5, 5.41) is 0. The van der Waals surface area contributed by atoms with Crippen LogP contribution in [0.25, 0.3) is 0 Å². The fraction of sp³-hybridized carbons (Fsp3) is 0.727. The molecule has 0 aromatic heterocycles. The van der Waals surface area contributed by atoms with Crippen LogP contribution in [0.5, 0.6) is 0 Å². The van der Waals surface area contributed by atoms with Gasteiger partial charge in [0.15, 0.2) is 0 Å². The molecular weight excluding hydrogens is 180 g/mol. The Kier molecular flexibility index (Phi) is 2.35. The molecular formula is C11H16O3. The molecule has 1 aliphatic heterocycles. The summed E-state index contributed by atoms with van der Waals surface area (Å²) in [5.74, 6) is 0.123. The first-order chi connectivity index (χ1) is 6.58. The van der Waals surface area contributed by atoms with Gasteiger partial charge in [-0.25, -0.2) is 4.79 Å². The van der Waals surface area contributed by atoms with E-state index in [-0.39, 0.29) is 18.2 Å². The van der Waals surface area contributed by atoms with E-state index in [2.05, 4.69) is 6.58 Å². The van der Waals surface area contributed by atoms with Crippen molar-refractivity contribution in [3.63, 3.8) is 0 Å². The summed E-state index contributed by atoms with van der Waals surface area (Å²) in [6.07, 6.45) is 2.48. The Labute approximate surface area is 84.1 Å². The zero-order valence-corrected chi connectivity index (χ0v) is 8.66. The van der Waals surface area contributed by atoms with E-state index in [9.17, 15) is 4.79 Å². The fourth-order valence-corrected chi connectivity index (χ4v) is 2.37. The highest BCUT2D eigenvalue weighted by Crippen LogP contribution is 2.41. The molecule has 0 radical (unpaired) electrons. The van der Waals surface area contributed by atoms with E-state index in [1.54, 1.807) is 6.92 Å². The molecule has 0 amide bonds. The van der Waals surface area contributed by atoms with Gasteiger partial charge in [0.1, 0.15) is 6.10 Å². The zero-order chi connectivity index (χ0) is 10.3. The molecule has 0 N–H and O–H groups in total. The van der Waals surface area contributed by atoms with Gasteiger partial charge in [0.25, 0.3) is 0 Å². The molecule has 78 valence electrons. The number of rotatable bonds is 2. The molecule has 0 aromatic carbocycles. The lowest BCUT2D eigenvalue weighted by molar-refractivity contribution is -0.151. The highest BCUT2D eigenvalue weighted by Gasteiger charge is 2.47. The van der Waals surface area contributed by atoms with Crippen LogP contribution in [0.15, 0.2) is 12.2 Å². The van der Waals surface area contributed by atoms with Crippen LogP contribution in [-0.4, -0.2) is 24.3 Å². The number of hydrogen-bond donors (Lipinski definition) is 0. The molecule has 1 aliphatic carbocycles. The van der Waals surface area contributed by atoms with E-state index in [0.717, 1.165) is 12.8 Å². The molecule has 2 fully saturated rings. The number of carbonyl (C=O) groups is 1. The van der Waals surface area contributed by atoms with Crippen LogP contribution in [0.2, 0.25) is 0 Å². The number of hydrogen-bond acceptors (Lipinski definition) is 3. The summed E-state index contributed by atoms with van der Waals surface area (Å²) in [5.41, 5.74) is 0.473. The maximum Gasteiger partial charge on any atom is 0.333 e. The van der Waals surface area contributed by atoms with Crippen molar-refractivity contribution < 1.29 is 14.3 Å². The lowest BCUT2D eigenvalue weighted by Gasteiger charge is -2.26. The third-order valence-corrected chi connectivity index (χ3v) is 3.12.